The van der Waals surface area contributed by atoms with Gasteiger partial charge in [0, 0.05) is 6.61 Å². The lowest BCUT2D eigenvalue weighted by Crippen LogP contribution is -2.17. The SMILES string of the molecule is CCC(CC)(CC)CCCO. The lowest BCUT2D eigenvalue weighted by atomic mass is 9.76. The Morgan fingerprint density at radius 2 is 1.45 bits per heavy atom. The van der Waals surface area contributed by atoms with Crippen molar-refractivity contribution in [1.82, 2.24) is 0 Å². The van der Waals surface area contributed by atoms with Gasteiger partial charge < -0.3 is 5.11 Å². The van der Waals surface area contributed by atoms with Crippen LogP contribution in [0.3, 0.4) is 0 Å². The number of rotatable bonds is 6. The van der Waals surface area contributed by atoms with Gasteiger partial charge in [0.15, 0.2) is 0 Å². The number of aliphatic hydroxyl groups excluding tert-OH is 1. The molecular weight excluding hydrogens is 136 g/mol. The van der Waals surface area contributed by atoms with E-state index >= 15 is 0 Å². The van der Waals surface area contributed by atoms with Crippen molar-refractivity contribution in [3.63, 3.8) is 0 Å². The van der Waals surface area contributed by atoms with Crippen LogP contribution in [0.1, 0.15) is 52.9 Å². The molecule has 0 spiro atoms. The lowest BCUT2D eigenvalue weighted by molar-refractivity contribution is 0.191. The quantitative estimate of drug-likeness (QED) is 0.630. The lowest BCUT2D eigenvalue weighted by Gasteiger charge is -2.30. The first-order chi connectivity index (χ1) is 5.24. The molecule has 0 saturated carbocycles. The summed E-state index contributed by atoms with van der Waals surface area (Å²) in [6, 6.07) is 0. The van der Waals surface area contributed by atoms with Gasteiger partial charge in [0.05, 0.1) is 0 Å². The molecule has 0 rings (SSSR count). The molecule has 0 aromatic carbocycles. The standard InChI is InChI=1S/C10H22O/c1-4-10(5-2,6-3)8-7-9-11/h11H,4-9H2,1-3H3. The van der Waals surface area contributed by atoms with Crippen molar-refractivity contribution in [2.45, 2.75) is 52.9 Å². The van der Waals surface area contributed by atoms with Gasteiger partial charge in [0.2, 0.25) is 0 Å². The summed E-state index contributed by atoms with van der Waals surface area (Å²) in [6.07, 6.45) is 5.91. The Morgan fingerprint density at radius 3 is 1.73 bits per heavy atom. The molecule has 0 atom stereocenters. The van der Waals surface area contributed by atoms with E-state index in [9.17, 15) is 0 Å². The van der Waals surface area contributed by atoms with E-state index in [2.05, 4.69) is 20.8 Å². The molecule has 1 heteroatoms. The van der Waals surface area contributed by atoms with Crippen LogP contribution in [0, 0.1) is 5.41 Å². The Kier molecular flexibility index (Phi) is 5.57. The van der Waals surface area contributed by atoms with Crippen LogP contribution in [-0.2, 0) is 0 Å². The minimum atomic E-state index is 0.349. The minimum absolute atomic E-state index is 0.349. The molecule has 0 amide bonds. The average Bonchev–Trinajstić information content (AvgIpc) is 2.08. The van der Waals surface area contributed by atoms with E-state index in [1.807, 2.05) is 0 Å². The summed E-state index contributed by atoms with van der Waals surface area (Å²) < 4.78 is 0. The largest absolute Gasteiger partial charge is 0.396 e. The van der Waals surface area contributed by atoms with Crippen molar-refractivity contribution in [3.05, 3.63) is 0 Å². The molecule has 0 aromatic rings. The zero-order valence-corrected chi connectivity index (χ0v) is 8.19. The molecule has 0 radical (unpaired) electrons. The minimum Gasteiger partial charge on any atom is -0.396 e. The monoisotopic (exact) mass is 158 g/mol. The first-order valence-corrected chi connectivity index (χ1v) is 4.85. The van der Waals surface area contributed by atoms with Crippen LogP contribution in [0.5, 0.6) is 0 Å². The van der Waals surface area contributed by atoms with Crippen LogP contribution in [0.15, 0.2) is 0 Å². The topological polar surface area (TPSA) is 20.2 Å². The average molecular weight is 158 g/mol. The molecule has 0 aromatic heterocycles. The molecule has 0 bridgehead atoms. The summed E-state index contributed by atoms with van der Waals surface area (Å²) in [4.78, 5) is 0. The van der Waals surface area contributed by atoms with Crippen molar-refractivity contribution in [3.8, 4) is 0 Å². The second-order valence-electron chi connectivity index (χ2n) is 3.39. The first kappa shape index (κ1) is 11.0. The van der Waals surface area contributed by atoms with Crippen LogP contribution in [0.4, 0.5) is 0 Å². The highest BCUT2D eigenvalue weighted by atomic mass is 16.2. The van der Waals surface area contributed by atoms with Gasteiger partial charge in [-0.3, -0.25) is 0 Å². The number of hydrogen-bond donors (Lipinski definition) is 1. The third-order valence-electron chi connectivity index (χ3n) is 3.12. The van der Waals surface area contributed by atoms with Crippen LogP contribution in [0.25, 0.3) is 0 Å². The fourth-order valence-electron chi connectivity index (χ4n) is 1.73. The fraction of sp³-hybridized carbons (Fsp3) is 1.00. The van der Waals surface area contributed by atoms with Gasteiger partial charge in [-0.2, -0.15) is 0 Å². The molecule has 1 N–H and O–H groups in total. The highest BCUT2D eigenvalue weighted by Crippen LogP contribution is 2.35. The second kappa shape index (κ2) is 5.59. The summed E-state index contributed by atoms with van der Waals surface area (Å²) in [5.41, 5.74) is 0.517. The predicted octanol–water partition coefficient (Wildman–Crippen LogP) is 2.98. The van der Waals surface area contributed by atoms with Gasteiger partial charge in [0.25, 0.3) is 0 Å². The van der Waals surface area contributed by atoms with E-state index < -0.39 is 0 Å². The Balaban J connectivity index is 3.84. The van der Waals surface area contributed by atoms with Crippen molar-refractivity contribution in [2.24, 2.45) is 5.41 Å². The molecule has 11 heavy (non-hydrogen) atoms. The van der Waals surface area contributed by atoms with Crippen LogP contribution in [-0.4, -0.2) is 11.7 Å². The normalized spacial score (nSPS) is 12.0. The third-order valence-corrected chi connectivity index (χ3v) is 3.12. The maximum absolute atomic E-state index is 8.72. The van der Waals surface area contributed by atoms with Crippen molar-refractivity contribution < 1.29 is 5.11 Å². The van der Waals surface area contributed by atoms with Crippen molar-refractivity contribution in [1.29, 1.82) is 0 Å². The maximum atomic E-state index is 8.72. The van der Waals surface area contributed by atoms with Crippen LogP contribution < -0.4 is 0 Å². The molecular formula is C10H22O. The van der Waals surface area contributed by atoms with Crippen LogP contribution in [0.2, 0.25) is 0 Å². The van der Waals surface area contributed by atoms with E-state index in [0.29, 0.717) is 12.0 Å². The van der Waals surface area contributed by atoms with Gasteiger partial charge in [-0.25, -0.2) is 0 Å². The molecule has 0 fully saturated rings. The van der Waals surface area contributed by atoms with E-state index in [1.165, 1.54) is 25.7 Å². The summed E-state index contributed by atoms with van der Waals surface area (Å²) in [5, 5.41) is 8.72. The zero-order chi connectivity index (χ0) is 8.74. The summed E-state index contributed by atoms with van der Waals surface area (Å²) in [6.45, 7) is 7.11. The molecule has 68 valence electrons. The zero-order valence-electron chi connectivity index (χ0n) is 8.19. The molecule has 0 unspecified atom stereocenters. The van der Waals surface area contributed by atoms with Crippen molar-refractivity contribution >= 4 is 0 Å². The maximum Gasteiger partial charge on any atom is 0.0431 e. The Morgan fingerprint density at radius 1 is 1.00 bits per heavy atom. The highest BCUT2D eigenvalue weighted by molar-refractivity contribution is 4.74. The third kappa shape index (κ3) is 3.24. The molecule has 0 heterocycles. The Labute approximate surface area is 70.8 Å². The molecule has 0 saturated heterocycles. The number of hydrogen-bond acceptors (Lipinski definition) is 1. The van der Waals surface area contributed by atoms with E-state index in [0.717, 1.165) is 6.42 Å². The molecule has 0 aliphatic carbocycles. The van der Waals surface area contributed by atoms with E-state index in [-0.39, 0.29) is 0 Å². The van der Waals surface area contributed by atoms with Crippen LogP contribution >= 0.6 is 0 Å². The fourth-order valence-corrected chi connectivity index (χ4v) is 1.73. The smallest absolute Gasteiger partial charge is 0.0431 e. The molecule has 1 nitrogen and oxygen atoms in total. The predicted molar refractivity (Wildman–Crippen MR) is 49.6 cm³/mol. The highest BCUT2D eigenvalue weighted by Gasteiger charge is 2.22. The van der Waals surface area contributed by atoms with Gasteiger partial charge in [0.1, 0.15) is 0 Å². The Bertz CT molecular complexity index is 76.6. The summed E-state index contributed by atoms with van der Waals surface area (Å²) in [7, 11) is 0. The van der Waals surface area contributed by atoms with E-state index in [4.69, 9.17) is 5.11 Å². The second-order valence-corrected chi connectivity index (χ2v) is 3.39. The van der Waals surface area contributed by atoms with Gasteiger partial charge in [-0.15, -0.1) is 0 Å². The van der Waals surface area contributed by atoms with Gasteiger partial charge in [-0.1, -0.05) is 40.0 Å². The Hall–Kier alpha value is -0.0400. The van der Waals surface area contributed by atoms with Crippen molar-refractivity contribution in [2.75, 3.05) is 6.61 Å². The van der Waals surface area contributed by atoms with Gasteiger partial charge >= 0.3 is 0 Å². The summed E-state index contributed by atoms with van der Waals surface area (Å²) >= 11 is 0. The molecule has 0 aliphatic heterocycles. The van der Waals surface area contributed by atoms with E-state index in [1.54, 1.807) is 0 Å². The summed E-state index contributed by atoms with van der Waals surface area (Å²) in [5.74, 6) is 0. The molecule has 0 aliphatic rings. The first-order valence-electron chi connectivity index (χ1n) is 4.85. The van der Waals surface area contributed by atoms with Gasteiger partial charge in [-0.05, 0) is 18.3 Å². The number of aliphatic hydroxyl groups is 1.